The summed E-state index contributed by atoms with van der Waals surface area (Å²) in [5.74, 6) is -0.946. The van der Waals surface area contributed by atoms with E-state index in [-0.39, 0.29) is 11.1 Å². The number of carbonyl (C=O) groups is 1. The van der Waals surface area contributed by atoms with Gasteiger partial charge in [-0.25, -0.2) is 0 Å². The number of carboxylic acids is 1. The standard InChI is InChI=1S/C17H13F3O3/c1-23-14-7-5-11(6-8-14)15(10-16(21)22)12-3-2-4-13(9-12)17(18,19)20/h2-10H,1H3,(H,21,22)/p-1/b15-10-. The molecule has 0 saturated heterocycles. The van der Waals surface area contributed by atoms with Gasteiger partial charge in [0.05, 0.1) is 18.6 Å². The summed E-state index contributed by atoms with van der Waals surface area (Å²) in [5, 5.41) is 10.9. The SMILES string of the molecule is COc1ccc(/C(=C/C(=O)[O-])c2cccc(C(F)(F)F)c2)cc1. The van der Waals surface area contributed by atoms with Crippen molar-refractivity contribution < 1.29 is 27.8 Å². The first-order valence-electron chi connectivity index (χ1n) is 6.56. The minimum atomic E-state index is -4.51. The first kappa shape index (κ1) is 16.6. The number of alkyl halides is 3. The van der Waals surface area contributed by atoms with E-state index in [9.17, 15) is 23.1 Å². The molecule has 0 amide bonds. The molecule has 0 saturated carbocycles. The average molecular weight is 321 g/mol. The Kier molecular flexibility index (Phi) is 4.74. The first-order chi connectivity index (χ1) is 10.8. The topological polar surface area (TPSA) is 49.4 Å². The van der Waals surface area contributed by atoms with Gasteiger partial charge in [-0.05, 0) is 47.0 Å². The Morgan fingerprint density at radius 3 is 2.26 bits per heavy atom. The zero-order valence-corrected chi connectivity index (χ0v) is 12.1. The second-order valence-electron chi connectivity index (χ2n) is 4.68. The van der Waals surface area contributed by atoms with Crippen LogP contribution in [0.25, 0.3) is 5.57 Å². The summed E-state index contributed by atoms with van der Waals surface area (Å²) in [4.78, 5) is 10.9. The largest absolute Gasteiger partial charge is 0.545 e. The molecule has 2 aromatic rings. The lowest BCUT2D eigenvalue weighted by molar-refractivity contribution is -0.297. The number of hydrogen-bond donors (Lipinski definition) is 0. The van der Waals surface area contributed by atoms with Gasteiger partial charge < -0.3 is 14.6 Å². The van der Waals surface area contributed by atoms with Gasteiger partial charge in [0.1, 0.15) is 5.75 Å². The Bertz CT molecular complexity index is 731. The van der Waals surface area contributed by atoms with Gasteiger partial charge in [0.15, 0.2) is 0 Å². The van der Waals surface area contributed by atoms with E-state index in [4.69, 9.17) is 4.74 Å². The summed E-state index contributed by atoms with van der Waals surface area (Å²) in [6.45, 7) is 0. The monoisotopic (exact) mass is 321 g/mol. The van der Waals surface area contributed by atoms with E-state index in [1.54, 1.807) is 24.3 Å². The van der Waals surface area contributed by atoms with Crippen molar-refractivity contribution in [1.82, 2.24) is 0 Å². The van der Waals surface area contributed by atoms with Crippen LogP contribution >= 0.6 is 0 Å². The van der Waals surface area contributed by atoms with E-state index in [2.05, 4.69) is 0 Å². The van der Waals surface area contributed by atoms with Crippen LogP contribution < -0.4 is 9.84 Å². The average Bonchev–Trinajstić information content (AvgIpc) is 2.52. The summed E-state index contributed by atoms with van der Waals surface area (Å²) in [5.41, 5.74) is -0.157. The van der Waals surface area contributed by atoms with Gasteiger partial charge in [-0.3, -0.25) is 0 Å². The highest BCUT2D eigenvalue weighted by Crippen LogP contribution is 2.32. The summed E-state index contributed by atoms with van der Waals surface area (Å²) in [6.07, 6.45) is -3.74. The Labute approximate surface area is 130 Å². The zero-order chi connectivity index (χ0) is 17.0. The number of ether oxygens (including phenoxy) is 1. The number of carboxylic acid groups (broad SMARTS) is 1. The number of aliphatic carboxylic acids is 1. The number of carbonyl (C=O) groups excluding carboxylic acids is 1. The molecule has 6 heteroatoms. The van der Waals surface area contributed by atoms with E-state index >= 15 is 0 Å². The number of benzene rings is 2. The van der Waals surface area contributed by atoms with E-state index in [0.717, 1.165) is 18.2 Å². The third-order valence-electron chi connectivity index (χ3n) is 3.16. The highest BCUT2D eigenvalue weighted by molar-refractivity contribution is 5.94. The van der Waals surface area contributed by atoms with Crippen LogP contribution in [0.4, 0.5) is 13.2 Å². The molecule has 0 N–H and O–H groups in total. The van der Waals surface area contributed by atoms with Gasteiger partial charge in [-0.1, -0.05) is 24.3 Å². The highest BCUT2D eigenvalue weighted by Gasteiger charge is 2.30. The second-order valence-corrected chi connectivity index (χ2v) is 4.68. The lowest BCUT2D eigenvalue weighted by Gasteiger charge is -2.13. The molecule has 0 aliphatic carbocycles. The van der Waals surface area contributed by atoms with Gasteiger partial charge in [-0.15, -0.1) is 0 Å². The summed E-state index contributed by atoms with van der Waals surface area (Å²) in [6, 6.07) is 10.8. The minimum absolute atomic E-state index is 0.124. The van der Waals surface area contributed by atoms with Crippen molar-refractivity contribution in [2.45, 2.75) is 6.18 Å². The molecule has 0 heterocycles. The van der Waals surface area contributed by atoms with Crippen LogP contribution in [0.2, 0.25) is 0 Å². The molecular formula is C17H12F3O3-. The van der Waals surface area contributed by atoms with Gasteiger partial charge in [0, 0.05) is 0 Å². The molecule has 0 aromatic heterocycles. The predicted molar refractivity (Wildman–Crippen MR) is 76.5 cm³/mol. The molecule has 0 unspecified atom stereocenters. The fraction of sp³-hybridized carbons (Fsp3) is 0.118. The van der Waals surface area contributed by atoms with Gasteiger partial charge in [-0.2, -0.15) is 13.2 Å². The molecule has 0 fully saturated rings. The predicted octanol–water partition coefficient (Wildman–Crippen LogP) is 2.90. The van der Waals surface area contributed by atoms with Gasteiger partial charge >= 0.3 is 6.18 Å². The number of methoxy groups -OCH3 is 1. The van der Waals surface area contributed by atoms with Crippen molar-refractivity contribution in [2.24, 2.45) is 0 Å². The molecule has 2 aromatic carbocycles. The van der Waals surface area contributed by atoms with E-state index < -0.39 is 17.7 Å². The first-order valence-corrected chi connectivity index (χ1v) is 6.56. The lowest BCUT2D eigenvalue weighted by atomic mass is 9.96. The van der Waals surface area contributed by atoms with Crippen molar-refractivity contribution in [3.8, 4) is 5.75 Å². The second kappa shape index (κ2) is 6.56. The molecule has 0 bridgehead atoms. The Morgan fingerprint density at radius 2 is 1.74 bits per heavy atom. The van der Waals surface area contributed by atoms with Crippen LogP contribution in [0.5, 0.6) is 5.75 Å². The zero-order valence-electron chi connectivity index (χ0n) is 12.1. The van der Waals surface area contributed by atoms with E-state index in [1.165, 1.54) is 19.2 Å². The third kappa shape index (κ3) is 4.12. The molecule has 23 heavy (non-hydrogen) atoms. The van der Waals surface area contributed by atoms with Gasteiger partial charge in [0.2, 0.25) is 0 Å². The lowest BCUT2D eigenvalue weighted by Crippen LogP contribution is -2.19. The van der Waals surface area contributed by atoms with Crippen molar-refractivity contribution in [3.63, 3.8) is 0 Å². The van der Waals surface area contributed by atoms with Crippen molar-refractivity contribution in [1.29, 1.82) is 0 Å². The molecule has 0 aliphatic heterocycles. The normalized spacial score (nSPS) is 12.1. The summed E-state index contributed by atoms with van der Waals surface area (Å²) < 4.78 is 43.5. The Hall–Kier alpha value is -2.76. The quantitative estimate of drug-likeness (QED) is 0.814. The maximum Gasteiger partial charge on any atom is 0.416 e. The Balaban J connectivity index is 2.53. The van der Waals surface area contributed by atoms with Crippen LogP contribution in [0.1, 0.15) is 16.7 Å². The number of halogens is 3. The van der Waals surface area contributed by atoms with Crippen LogP contribution in [-0.2, 0) is 11.0 Å². The molecule has 0 atom stereocenters. The van der Waals surface area contributed by atoms with Crippen LogP contribution in [0.3, 0.4) is 0 Å². The number of hydrogen-bond acceptors (Lipinski definition) is 3. The fourth-order valence-corrected chi connectivity index (χ4v) is 2.08. The minimum Gasteiger partial charge on any atom is -0.545 e. The maximum absolute atomic E-state index is 12.8. The Morgan fingerprint density at radius 1 is 1.09 bits per heavy atom. The molecule has 0 aliphatic rings. The van der Waals surface area contributed by atoms with E-state index in [0.29, 0.717) is 11.3 Å². The van der Waals surface area contributed by atoms with Crippen LogP contribution in [0.15, 0.2) is 54.6 Å². The smallest absolute Gasteiger partial charge is 0.416 e. The van der Waals surface area contributed by atoms with Crippen molar-refractivity contribution in [2.75, 3.05) is 7.11 Å². The summed E-state index contributed by atoms with van der Waals surface area (Å²) in [7, 11) is 1.47. The van der Waals surface area contributed by atoms with Crippen LogP contribution in [-0.4, -0.2) is 13.1 Å². The molecular weight excluding hydrogens is 309 g/mol. The van der Waals surface area contributed by atoms with Crippen molar-refractivity contribution >= 4 is 11.5 Å². The number of rotatable bonds is 4. The summed E-state index contributed by atoms with van der Waals surface area (Å²) >= 11 is 0. The molecule has 0 radical (unpaired) electrons. The molecule has 2 rings (SSSR count). The maximum atomic E-state index is 12.8. The molecule has 0 spiro atoms. The van der Waals surface area contributed by atoms with Crippen molar-refractivity contribution in [3.05, 3.63) is 71.3 Å². The fourth-order valence-electron chi connectivity index (χ4n) is 2.08. The van der Waals surface area contributed by atoms with Crippen LogP contribution in [0, 0.1) is 0 Å². The third-order valence-corrected chi connectivity index (χ3v) is 3.16. The molecule has 3 nitrogen and oxygen atoms in total. The highest BCUT2D eigenvalue weighted by atomic mass is 19.4. The molecule has 120 valence electrons. The van der Waals surface area contributed by atoms with E-state index in [1.807, 2.05) is 0 Å². The van der Waals surface area contributed by atoms with Gasteiger partial charge in [0.25, 0.3) is 0 Å².